The molecule has 0 amide bonds. The van der Waals surface area contributed by atoms with Crippen LogP contribution in [-0.2, 0) is 10.7 Å². The topological polar surface area (TPSA) is 60.2 Å². The van der Waals surface area contributed by atoms with E-state index < -0.39 is 16.1 Å². The highest BCUT2D eigenvalue weighted by atomic mass is 32.2. The number of unbranched alkanes of at least 4 members (excludes halogenated alkanes) is 1. The van der Waals surface area contributed by atoms with E-state index in [1.54, 1.807) is 0 Å². The Morgan fingerprint density at radius 3 is 2.25 bits per heavy atom. The van der Waals surface area contributed by atoms with E-state index in [4.69, 9.17) is 5.73 Å². The zero-order valence-electron chi connectivity index (χ0n) is 7.82. The molecule has 0 saturated carbocycles. The van der Waals surface area contributed by atoms with Gasteiger partial charge in [-0.15, -0.1) is 0 Å². The van der Waals surface area contributed by atoms with E-state index in [9.17, 15) is 8.42 Å². The maximum Gasteiger partial charge on any atom is 0.156 e. The normalized spacial score (nSPS) is 16.3. The van der Waals surface area contributed by atoms with Gasteiger partial charge in [0, 0.05) is 0 Å². The summed E-state index contributed by atoms with van der Waals surface area (Å²) in [7, 11) is -2.45. The molecule has 0 aliphatic heterocycles. The Balaban J connectivity index is 3.95. The van der Waals surface area contributed by atoms with Gasteiger partial charge in [-0.25, -0.2) is 8.42 Å². The van der Waals surface area contributed by atoms with Gasteiger partial charge >= 0.3 is 0 Å². The van der Waals surface area contributed by atoms with E-state index in [0.29, 0.717) is 0 Å². The number of nitrogens with two attached hydrogens (primary N) is 1. The molecule has 12 heavy (non-hydrogen) atoms. The first-order valence-corrected chi connectivity index (χ1v) is 5.77. The Bertz CT molecular complexity index is 172. The van der Waals surface area contributed by atoms with E-state index in [1.807, 2.05) is 6.92 Å². The van der Waals surface area contributed by atoms with Crippen molar-refractivity contribution in [3.63, 3.8) is 0 Å². The lowest BCUT2D eigenvalue weighted by atomic mass is 9.99. The fraction of sp³-hybridized carbons (Fsp3) is 1.00. The molecular formula is C8H19NO2S. The van der Waals surface area contributed by atoms with Gasteiger partial charge in [-0.05, 0) is 12.3 Å². The van der Waals surface area contributed by atoms with Gasteiger partial charge in [0.05, 0.1) is 0 Å². The summed E-state index contributed by atoms with van der Waals surface area (Å²) in [6.45, 7) is 4.08. The third kappa shape index (κ3) is 4.07. The zero-order valence-corrected chi connectivity index (χ0v) is 8.72. The summed E-state index contributed by atoms with van der Waals surface area (Å²) in [5.74, 6) is 0.145. The fourth-order valence-corrected chi connectivity index (χ4v) is 1.96. The van der Waals surface area contributed by atoms with Gasteiger partial charge in [0.15, 0.2) is 10.7 Å². The second-order valence-electron chi connectivity index (χ2n) is 3.09. The number of thiol groups is 1. The van der Waals surface area contributed by atoms with Crippen LogP contribution in [0.2, 0.25) is 0 Å². The first-order valence-electron chi connectivity index (χ1n) is 4.52. The lowest BCUT2D eigenvalue weighted by Gasteiger charge is -2.16. The molecule has 4 heteroatoms. The maximum absolute atomic E-state index is 10.6. The van der Waals surface area contributed by atoms with Crippen molar-refractivity contribution in [3.05, 3.63) is 0 Å². The van der Waals surface area contributed by atoms with Crippen molar-refractivity contribution in [1.82, 2.24) is 0 Å². The van der Waals surface area contributed by atoms with E-state index >= 15 is 0 Å². The minimum absolute atomic E-state index is 0.145. The SMILES string of the molecule is CCCCC(CC)C(N)[SH](=O)=O. The molecule has 0 fully saturated rings. The van der Waals surface area contributed by atoms with Gasteiger partial charge in [-0.3, -0.25) is 0 Å². The summed E-state index contributed by atoms with van der Waals surface area (Å²) >= 11 is 0. The molecule has 2 unspecified atom stereocenters. The summed E-state index contributed by atoms with van der Waals surface area (Å²) in [4.78, 5) is 0. The maximum atomic E-state index is 10.6. The third-order valence-electron chi connectivity index (χ3n) is 2.18. The molecule has 0 spiro atoms. The highest BCUT2D eigenvalue weighted by molar-refractivity contribution is 7.73. The number of hydrogen-bond donors (Lipinski definition) is 2. The van der Waals surface area contributed by atoms with E-state index in [2.05, 4.69) is 6.92 Å². The van der Waals surface area contributed by atoms with Crippen molar-refractivity contribution < 1.29 is 8.42 Å². The molecule has 0 saturated heterocycles. The highest BCUT2D eigenvalue weighted by Gasteiger charge is 2.17. The van der Waals surface area contributed by atoms with Crippen molar-refractivity contribution in [1.29, 1.82) is 0 Å². The molecule has 0 heterocycles. The van der Waals surface area contributed by atoms with Crippen LogP contribution in [0.5, 0.6) is 0 Å². The Labute approximate surface area is 76.3 Å². The van der Waals surface area contributed by atoms with E-state index in [-0.39, 0.29) is 5.92 Å². The molecular weight excluding hydrogens is 174 g/mol. The first kappa shape index (κ1) is 11.9. The van der Waals surface area contributed by atoms with Gasteiger partial charge < -0.3 is 5.73 Å². The Morgan fingerprint density at radius 1 is 1.33 bits per heavy atom. The summed E-state index contributed by atoms with van der Waals surface area (Å²) in [6, 6.07) is 0. The first-order chi connectivity index (χ1) is 5.63. The molecule has 0 rings (SSSR count). The average Bonchev–Trinajstić information content (AvgIpc) is 2.05. The monoisotopic (exact) mass is 193 g/mol. The van der Waals surface area contributed by atoms with Crippen molar-refractivity contribution in [3.8, 4) is 0 Å². The summed E-state index contributed by atoms with van der Waals surface area (Å²) in [5.41, 5.74) is 5.52. The minimum atomic E-state index is -2.45. The van der Waals surface area contributed by atoms with Crippen LogP contribution in [-0.4, -0.2) is 13.8 Å². The second kappa shape index (κ2) is 6.43. The Hall–Kier alpha value is -0.0900. The van der Waals surface area contributed by atoms with Gasteiger partial charge in [0.2, 0.25) is 0 Å². The van der Waals surface area contributed by atoms with E-state index in [0.717, 1.165) is 25.7 Å². The van der Waals surface area contributed by atoms with Crippen LogP contribution in [0, 0.1) is 5.92 Å². The lowest BCUT2D eigenvalue weighted by molar-refractivity contribution is 0.427. The largest absolute Gasteiger partial charge is 0.315 e. The van der Waals surface area contributed by atoms with Crippen LogP contribution in [0.15, 0.2) is 0 Å². The van der Waals surface area contributed by atoms with Crippen LogP contribution in [0.1, 0.15) is 39.5 Å². The van der Waals surface area contributed by atoms with E-state index in [1.165, 1.54) is 0 Å². The molecule has 74 valence electrons. The second-order valence-corrected chi connectivity index (χ2v) is 4.25. The molecule has 0 aromatic heterocycles. The van der Waals surface area contributed by atoms with Crippen molar-refractivity contribution in [2.75, 3.05) is 0 Å². The lowest BCUT2D eigenvalue weighted by Crippen LogP contribution is -2.31. The predicted molar refractivity (Wildman–Crippen MR) is 51.6 cm³/mol. The highest BCUT2D eigenvalue weighted by Crippen LogP contribution is 2.15. The third-order valence-corrected chi connectivity index (χ3v) is 3.09. The van der Waals surface area contributed by atoms with Crippen molar-refractivity contribution >= 4 is 10.7 Å². The van der Waals surface area contributed by atoms with Crippen LogP contribution in [0.3, 0.4) is 0 Å². The molecule has 0 bridgehead atoms. The van der Waals surface area contributed by atoms with Gasteiger partial charge in [-0.1, -0.05) is 33.1 Å². The molecule has 2 atom stereocenters. The Morgan fingerprint density at radius 2 is 1.92 bits per heavy atom. The average molecular weight is 193 g/mol. The minimum Gasteiger partial charge on any atom is -0.315 e. The van der Waals surface area contributed by atoms with Crippen LogP contribution in [0.25, 0.3) is 0 Å². The number of rotatable bonds is 6. The quantitative estimate of drug-likeness (QED) is 0.621. The summed E-state index contributed by atoms with van der Waals surface area (Å²) in [5, 5.41) is -0.642. The summed E-state index contributed by atoms with van der Waals surface area (Å²) < 4.78 is 21.1. The Kier molecular flexibility index (Phi) is 6.38. The predicted octanol–water partition coefficient (Wildman–Crippen LogP) is 1.10. The van der Waals surface area contributed by atoms with Gasteiger partial charge in [0.1, 0.15) is 5.37 Å². The van der Waals surface area contributed by atoms with Crippen molar-refractivity contribution in [2.24, 2.45) is 11.7 Å². The van der Waals surface area contributed by atoms with Gasteiger partial charge in [-0.2, -0.15) is 0 Å². The van der Waals surface area contributed by atoms with Crippen LogP contribution in [0.4, 0.5) is 0 Å². The molecule has 0 aromatic rings. The zero-order chi connectivity index (χ0) is 9.56. The molecule has 0 aromatic carbocycles. The smallest absolute Gasteiger partial charge is 0.156 e. The van der Waals surface area contributed by atoms with Gasteiger partial charge in [0.25, 0.3) is 0 Å². The molecule has 0 radical (unpaired) electrons. The summed E-state index contributed by atoms with van der Waals surface area (Å²) in [6.07, 6.45) is 3.94. The van der Waals surface area contributed by atoms with Crippen LogP contribution >= 0.6 is 0 Å². The number of hydrogen-bond acceptors (Lipinski definition) is 3. The fourth-order valence-electron chi connectivity index (χ4n) is 1.25. The molecule has 3 nitrogen and oxygen atoms in total. The molecule has 2 N–H and O–H groups in total. The van der Waals surface area contributed by atoms with Crippen molar-refractivity contribution in [2.45, 2.75) is 44.9 Å². The standard InChI is InChI=1S/C8H19NO2S/c1-3-5-6-7(4-2)8(9)12(10)11/h7-8,12H,3-6,9H2,1-2H3. The van der Waals surface area contributed by atoms with Crippen LogP contribution < -0.4 is 5.73 Å². The molecule has 0 aliphatic carbocycles. The molecule has 0 aliphatic rings.